The Morgan fingerprint density at radius 3 is 2.97 bits per heavy atom. The molecule has 1 atom stereocenters. The molecule has 1 aromatic carbocycles. The lowest BCUT2D eigenvalue weighted by Gasteiger charge is -2.23. The molecule has 7 heteroatoms. The maximum atomic E-state index is 6.00. The zero-order valence-corrected chi connectivity index (χ0v) is 16.7. The number of aromatic nitrogens is 4. The van der Waals surface area contributed by atoms with E-state index in [1.54, 1.807) is 12.4 Å². The Morgan fingerprint density at radius 2 is 2.00 bits per heavy atom. The fraction of sp³-hybridized carbons (Fsp3) is 0.261. The van der Waals surface area contributed by atoms with Crippen LogP contribution in [0.3, 0.4) is 0 Å². The lowest BCUT2D eigenvalue weighted by molar-refractivity contribution is 0.212. The van der Waals surface area contributed by atoms with Gasteiger partial charge in [-0.15, -0.1) is 0 Å². The number of pyridine rings is 2. The van der Waals surface area contributed by atoms with E-state index in [2.05, 4.69) is 30.9 Å². The fourth-order valence-electron chi connectivity index (χ4n) is 3.92. The number of anilines is 2. The second-order valence-corrected chi connectivity index (χ2v) is 7.69. The molecule has 152 valence electrons. The normalized spacial score (nSPS) is 15.7. The largest absolute Gasteiger partial charge is 0.477 e. The third-order valence-corrected chi connectivity index (χ3v) is 5.61. The number of imidazole rings is 1. The molecule has 5 rings (SSSR count). The highest BCUT2D eigenvalue weighted by Gasteiger charge is 2.19. The van der Waals surface area contributed by atoms with Crippen LogP contribution in [-0.2, 0) is 19.5 Å². The van der Waals surface area contributed by atoms with Crippen LogP contribution in [0, 0.1) is 5.92 Å². The predicted octanol–water partition coefficient (Wildman–Crippen LogP) is 3.66. The van der Waals surface area contributed by atoms with Gasteiger partial charge in [0.05, 0.1) is 6.61 Å². The Balaban J connectivity index is 1.19. The number of ether oxygens (including phenoxy) is 1. The van der Waals surface area contributed by atoms with Gasteiger partial charge in [0.1, 0.15) is 11.6 Å². The lowest BCUT2D eigenvalue weighted by Crippen LogP contribution is -2.24. The number of hydrogen-bond acceptors (Lipinski definition) is 6. The average molecular weight is 400 g/mol. The van der Waals surface area contributed by atoms with E-state index in [4.69, 9.17) is 10.5 Å². The first kappa shape index (κ1) is 18.4. The molecule has 0 spiro atoms. The van der Waals surface area contributed by atoms with Crippen molar-refractivity contribution < 1.29 is 4.74 Å². The van der Waals surface area contributed by atoms with Gasteiger partial charge in [-0.1, -0.05) is 0 Å². The molecule has 3 N–H and O–H groups in total. The minimum atomic E-state index is 0.475. The third-order valence-electron chi connectivity index (χ3n) is 5.61. The van der Waals surface area contributed by atoms with Gasteiger partial charge in [0.2, 0.25) is 5.88 Å². The number of nitrogens with one attached hydrogen (secondary N) is 1. The standard InChI is InChI=1S/C23H24N6O/c24-23-20-2-1-19(13-18(20)4-7-27-23)28-14-16-3-6-26-22(12-16)30-15-17-5-9-29-10-8-25-21(29)11-17/h1-4,6-8,10,12-13,17,28H,5,9,11,14-15H2,(H2,24,27)/t17-/m0/s1. The molecule has 0 saturated heterocycles. The molecule has 0 amide bonds. The predicted molar refractivity (Wildman–Crippen MR) is 117 cm³/mol. The molecule has 4 aromatic rings. The summed E-state index contributed by atoms with van der Waals surface area (Å²) in [5.74, 6) is 2.84. The number of nitrogens with zero attached hydrogens (tertiary/aromatic N) is 4. The summed E-state index contributed by atoms with van der Waals surface area (Å²) < 4.78 is 8.22. The molecular weight excluding hydrogens is 376 g/mol. The zero-order chi connectivity index (χ0) is 20.3. The number of benzene rings is 1. The van der Waals surface area contributed by atoms with Gasteiger partial charge in [0.25, 0.3) is 0 Å². The van der Waals surface area contributed by atoms with Crippen molar-refractivity contribution in [3.8, 4) is 5.88 Å². The Kier molecular flexibility index (Phi) is 4.93. The van der Waals surface area contributed by atoms with Crippen LogP contribution in [-0.4, -0.2) is 26.1 Å². The molecule has 3 aromatic heterocycles. The first-order valence-electron chi connectivity index (χ1n) is 10.2. The van der Waals surface area contributed by atoms with E-state index < -0.39 is 0 Å². The SMILES string of the molecule is Nc1nccc2cc(NCc3ccnc(OC[C@H]4CCn5ccnc5C4)c3)ccc12. The zero-order valence-electron chi connectivity index (χ0n) is 16.7. The van der Waals surface area contributed by atoms with Crippen LogP contribution in [0.15, 0.2) is 61.2 Å². The Hall–Kier alpha value is -3.61. The molecule has 0 saturated carbocycles. The number of nitrogen functional groups attached to an aromatic ring is 1. The monoisotopic (exact) mass is 400 g/mol. The molecule has 1 aliphatic heterocycles. The van der Waals surface area contributed by atoms with Crippen molar-refractivity contribution in [2.45, 2.75) is 25.9 Å². The number of nitrogens with two attached hydrogens (primary N) is 1. The van der Waals surface area contributed by atoms with Crippen LogP contribution in [0.2, 0.25) is 0 Å². The molecule has 0 radical (unpaired) electrons. The van der Waals surface area contributed by atoms with E-state index in [9.17, 15) is 0 Å². The molecule has 7 nitrogen and oxygen atoms in total. The summed E-state index contributed by atoms with van der Waals surface area (Å²) in [7, 11) is 0. The second-order valence-electron chi connectivity index (χ2n) is 7.69. The van der Waals surface area contributed by atoms with Gasteiger partial charge in [0, 0.05) is 67.4 Å². The maximum Gasteiger partial charge on any atom is 0.213 e. The van der Waals surface area contributed by atoms with Crippen LogP contribution in [0.1, 0.15) is 17.8 Å². The molecule has 0 unspecified atom stereocenters. The summed E-state index contributed by atoms with van der Waals surface area (Å²) in [6.07, 6.45) is 9.51. The first-order chi connectivity index (χ1) is 14.7. The minimum Gasteiger partial charge on any atom is -0.477 e. The van der Waals surface area contributed by atoms with Gasteiger partial charge >= 0.3 is 0 Å². The number of hydrogen-bond donors (Lipinski definition) is 2. The first-order valence-corrected chi connectivity index (χ1v) is 10.2. The highest BCUT2D eigenvalue weighted by Crippen LogP contribution is 2.23. The summed E-state index contributed by atoms with van der Waals surface area (Å²) in [4.78, 5) is 12.9. The van der Waals surface area contributed by atoms with Gasteiger partial charge in [-0.05, 0) is 47.7 Å². The van der Waals surface area contributed by atoms with Crippen LogP contribution in [0.4, 0.5) is 11.5 Å². The third kappa shape index (κ3) is 3.91. The van der Waals surface area contributed by atoms with Crippen molar-refractivity contribution in [3.05, 3.63) is 72.6 Å². The molecular formula is C23H24N6O. The smallest absolute Gasteiger partial charge is 0.213 e. The fourth-order valence-corrected chi connectivity index (χ4v) is 3.92. The van der Waals surface area contributed by atoms with E-state index >= 15 is 0 Å². The van der Waals surface area contributed by atoms with Gasteiger partial charge in [-0.25, -0.2) is 15.0 Å². The molecule has 0 bridgehead atoms. The van der Waals surface area contributed by atoms with E-state index in [-0.39, 0.29) is 0 Å². The van der Waals surface area contributed by atoms with Crippen LogP contribution >= 0.6 is 0 Å². The van der Waals surface area contributed by atoms with Gasteiger partial charge in [0.15, 0.2) is 0 Å². The summed E-state index contributed by atoms with van der Waals surface area (Å²) >= 11 is 0. The van der Waals surface area contributed by atoms with Crippen molar-refractivity contribution in [2.24, 2.45) is 5.92 Å². The Bertz CT molecular complexity index is 1170. The molecule has 4 heterocycles. The molecule has 0 fully saturated rings. The van der Waals surface area contributed by atoms with Crippen molar-refractivity contribution >= 4 is 22.3 Å². The number of aryl methyl sites for hydroxylation is 1. The second kappa shape index (κ2) is 8.02. The molecule has 1 aliphatic rings. The Labute approximate surface area is 174 Å². The molecule has 30 heavy (non-hydrogen) atoms. The van der Waals surface area contributed by atoms with E-state index in [1.165, 1.54) is 0 Å². The quantitative estimate of drug-likeness (QED) is 0.513. The highest BCUT2D eigenvalue weighted by molar-refractivity contribution is 5.92. The summed E-state index contributed by atoms with van der Waals surface area (Å²) in [5.41, 5.74) is 8.08. The number of rotatable bonds is 6. The van der Waals surface area contributed by atoms with Gasteiger partial charge < -0.3 is 20.4 Å². The Morgan fingerprint density at radius 1 is 1.07 bits per heavy atom. The van der Waals surface area contributed by atoms with Crippen LogP contribution in [0.25, 0.3) is 10.8 Å². The van der Waals surface area contributed by atoms with Crippen molar-refractivity contribution in [3.63, 3.8) is 0 Å². The number of fused-ring (bicyclic) bond motifs is 2. The average Bonchev–Trinajstić information content (AvgIpc) is 3.25. The van der Waals surface area contributed by atoms with Crippen LogP contribution < -0.4 is 15.8 Å². The van der Waals surface area contributed by atoms with Crippen molar-refractivity contribution in [1.82, 2.24) is 19.5 Å². The van der Waals surface area contributed by atoms with Crippen molar-refractivity contribution in [1.29, 1.82) is 0 Å². The summed E-state index contributed by atoms with van der Waals surface area (Å²) in [5, 5.41) is 5.49. The maximum absolute atomic E-state index is 6.00. The minimum absolute atomic E-state index is 0.475. The van der Waals surface area contributed by atoms with Crippen LogP contribution in [0.5, 0.6) is 5.88 Å². The van der Waals surface area contributed by atoms with Crippen molar-refractivity contribution in [2.75, 3.05) is 17.7 Å². The topological polar surface area (TPSA) is 90.9 Å². The summed E-state index contributed by atoms with van der Waals surface area (Å²) in [6, 6.07) is 12.1. The summed E-state index contributed by atoms with van der Waals surface area (Å²) in [6.45, 7) is 2.36. The van der Waals surface area contributed by atoms with E-state index in [1.807, 2.05) is 42.7 Å². The molecule has 0 aliphatic carbocycles. The van der Waals surface area contributed by atoms with E-state index in [0.717, 1.165) is 47.2 Å². The lowest BCUT2D eigenvalue weighted by atomic mass is 9.99. The highest BCUT2D eigenvalue weighted by atomic mass is 16.5. The van der Waals surface area contributed by atoms with Gasteiger partial charge in [-0.2, -0.15) is 0 Å². The van der Waals surface area contributed by atoms with E-state index in [0.29, 0.717) is 30.8 Å². The van der Waals surface area contributed by atoms with Gasteiger partial charge in [-0.3, -0.25) is 0 Å².